The molecular weight excluding hydrogens is 545 g/mol. The lowest BCUT2D eigenvalue weighted by Crippen LogP contribution is -2.25. The lowest BCUT2D eigenvalue weighted by atomic mass is 10.0. The van der Waals surface area contributed by atoms with Crippen LogP contribution in [-0.4, -0.2) is 55.5 Å². The second-order valence-corrected chi connectivity index (χ2v) is 23.4. The van der Waals surface area contributed by atoms with Gasteiger partial charge in [0, 0.05) is 47.7 Å². The summed E-state index contributed by atoms with van der Waals surface area (Å²) in [6.45, 7) is 15.8. The molecule has 0 aliphatic rings. The van der Waals surface area contributed by atoms with Crippen LogP contribution in [-0.2, 0) is 29.4 Å². The molecular formula is C26H39F3N4O4Si2. The molecule has 216 valence electrons. The van der Waals surface area contributed by atoms with E-state index in [-0.39, 0.29) is 41.3 Å². The van der Waals surface area contributed by atoms with E-state index in [1.54, 1.807) is 6.92 Å². The van der Waals surface area contributed by atoms with E-state index in [1.165, 1.54) is 34.8 Å². The monoisotopic (exact) mass is 584 g/mol. The normalized spacial score (nSPS) is 12.9. The maximum Gasteiger partial charge on any atom is 0.435 e. The number of fused-ring (bicyclic) bond motifs is 1. The highest BCUT2D eigenvalue weighted by Crippen LogP contribution is 2.40. The number of aromatic nitrogens is 4. The molecule has 0 radical (unpaired) electrons. The molecule has 0 atom stereocenters. The summed E-state index contributed by atoms with van der Waals surface area (Å²) in [5.74, 6) is 0.163. The first-order valence-corrected chi connectivity index (χ1v) is 20.3. The van der Waals surface area contributed by atoms with Crippen LogP contribution < -0.4 is 10.3 Å². The number of nitrogens with zero attached hydrogens (tertiary/aromatic N) is 4. The van der Waals surface area contributed by atoms with E-state index < -0.39 is 33.6 Å². The third-order valence-electron chi connectivity index (χ3n) is 6.30. The van der Waals surface area contributed by atoms with Gasteiger partial charge < -0.3 is 14.2 Å². The molecule has 0 spiro atoms. The van der Waals surface area contributed by atoms with Gasteiger partial charge in [0.1, 0.15) is 24.3 Å². The van der Waals surface area contributed by atoms with Crippen molar-refractivity contribution in [1.82, 2.24) is 19.3 Å². The van der Waals surface area contributed by atoms with E-state index in [4.69, 9.17) is 14.2 Å². The molecule has 0 aliphatic heterocycles. The summed E-state index contributed by atoms with van der Waals surface area (Å²) in [4.78, 5) is 17.9. The van der Waals surface area contributed by atoms with Crippen molar-refractivity contribution < 1.29 is 27.4 Å². The zero-order valence-electron chi connectivity index (χ0n) is 24.0. The molecule has 2 heterocycles. The molecule has 1 aromatic carbocycles. The molecule has 0 unspecified atom stereocenters. The molecule has 0 amide bonds. The molecule has 0 saturated carbocycles. The summed E-state index contributed by atoms with van der Waals surface area (Å²) in [6.07, 6.45) is -3.31. The van der Waals surface area contributed by atoms with E-state index in [1.807, 2.05) is 0 Å². The third kappa shape index (κ3) is 8.25. The summed E-state index contributed by atoms with van der Waals surface area (Å²) in [5.41, 5.74) is -0.872. The van der Waals surface area contributed by atoms with Crippen LogP contribution >= 0.6 is 0 Å². The fourth-order valence-corrected chi connectivity index (χ4v) is 5.33. The first kappa shape index (κ1) is 31.0. The highest BCUT2D eigenvalue weighted by atomic mass is 28.3. The van der Waals surface area contributed by atoms with Gasteiger partial charge >= 0.3 is 6.18 Å². The Labute approximate surface area is 229 Å². The molecule has 3 aromatic rings. The smallest absolute Gasteiger partial charge is 0.435 e. The fourth-order valence-electron chi connectivity index (χ4n) is 3.82. The second kappa shape index (κ2) is 11.9. The fraction of sp³-hybridized carbons (Fsp3) is 0.577. The van der Waals surface area contributed by atoms with Gasteiger partial charge in [0.25, 0.3) is 5.56 Å². The van der Waals surface area contributed by atoms with Crippen LogP contribution in [0.25, 0.3) is 22.0 Å². The van der Waals surface area contributed by atoms with Gasteiger partial charge in [-0.3, -0.25) is 14.0 Å². The number of hydrogen-bond donors (Lipinski definition) is 0. The summed E-state index contributed by atoms with van der Waals surface area (Å²) >= 11 is 0. The van der Waals surface area contributed by atoms with Gasteiger partial charge in [0.05, 0.1) is 5.39 Å². The maximum atomic E-state index is 13.9. The van der Waals surface area contributed by atoms with Crippen molar-refractivity contribution in [3.8, 4) is 16.9 Å². The van der Waals surface area contributed by atoms with Crippen LogP contribution in [0, 0.1) is 6.92 Å². The zero-order chi connectivity index (χ0) is 29.2. The Morgan fingerprint density at radius 3 is 2.18 bits per heavy atom. The van der Waals surface area contributed by atoms with Gasteiger partial charge in [0.2, 0.25) is 0 Å². The number of alkyl halides is 3. The SMILES string of the molecule is Cc1c(-c2cc(OCOCC[Si](C)(C)C)c3ncn(COCC[Si](C)(C)C)c(=O)c3c2)c(C(F)(F)F)nn1C. The summed E-state index contributed by atoms with van der Waals surface area (Å²) < 4.78 is 61.4. The van der Waals surface area contributed by atoms with E-state index in [2.05, 4.69) is 49.4 Å². The molecule has 13 heteroatoms. The summed E-state index contributed by atoms with van der Waals surface area (Å²) in [6, 6.07) is 4.75. The molecule has 8 nitrogen and oxygen atoms in total. The Kier molecular flexibility index (Phi) is 9.51. The summed E-state index contributed by atoms with van der Waals surface area (Å²) in [7, 11) is -1.18. The quantitative estimate of drug-likeness (QED) is 0.145. The van der Waals surface area contributed by atoms with Gasteiger partial charge in [-0.15, -0.1) is 0 Å². The Morgan fingerprint density at radius 1 is 0.974 bits per heavy atom. The van der Waals surface area contributed by atoms with Crippen LogP contribution in [0.3, 0.4) is 0 Å². The average molecular weight is 585 g/mol. The van der Waals surface area contributed by atoms with E-state index >= 15 is 0 Å². The Morgan fingerprint density at radius 2 is 1.59 bits per heavy atom. The van der Waals surface area contributed by atoms with Crippen molar-refractivity contribution >= 4 is 27.1 Å². The Bertz CT molecular complexity index is 1360. The van der Waals surface area contributed by atoms with Crippen molar-refractivity contribution in [2.24, 2.45) is 7.05 Å². The third-order valence-corrected chi connectivity index (χ3v) is 9.71. The van der Waals surface area contributed by atoms with Gasteiger partial charge in [-0.1, -0.05) is 39.3 Å². The lowest BCUT2D eigenvalue weighted by Gasteiger charge is -2.17. The lowest BCUT2D eigenvalue weighted by molar-refractivity contribution is -0.141. The number of rotatable bonds is 12. The van der Waals surface area contributed by atoms with Crippen molar-refractivity contribution in [2.75, 3.05) is 20.0 Å². The molecule has 0 fully saturated rings. The Balaban J connectivity index is 2.04. The molecule has 2 aromatic heterocycles. The standard InChI is InChI=1S/C26H39F3N4O4Si2/c1-18-22(24(26(27,28)29)31-32(18)2)19-13-20-23(21(14-19)37-17-36-10-12-39(6,7)8)30-15-33(25(20)34)16-35-9-11-38(3,4)5/h13-15H,9-12,16-17H2,1-8H3. The molecule has 0 N–H and O–H groups in total. The first-order chi connectivity index (χ1) is 18.0. The van der Waals surface area contributed by atoms with E-state index in [0.29, 0.717) is 18.9 Å². The first-order valence-electron chi connectivity index (χ1n) is 12.9. The number of aryl methyl sites for hydroxylation is 1. The topological polar surface area (TPSA) is 80.4 Å². The highest BCUT2D eigenvalue weighted by Gasteiger charge is 2.39. The van der Waals surface area contributed by atoms with Crippen molar-refractivity contribution in [3.63, 3.8) is 0 Å². The number of benzene rings is 1. The molecule has 3 rings (SSSR count). The predicted octanol–water partition coefficient (Wildman–Crippen LogP) is 6.13. The molecule has 0 saturated heterocycles. The largest absolute Gasteiger partial charge is 0.465 e. The molecule has 0 bridgehead atoms. The van der Waals surface area contributed by atoms with Gasteiger partial charge in [-0.25, -0.2) is 4.98 Å². The number of ether oxygens (including phenoxy) is 3. The molecule has 0 aliphatic carbocycles. The van der Waals surface area contributed by atoms with Crippen molar-refractivity contribution in [3.05, 3.63) is 40.2 Å². The van der Waals surface area contributed by atoms with Crippen LogP contribution in [0.4, 0.5) is 13.2 Å². The maximum absolute atomic E-state index is 13.9. The van der Waals surface area contributed by atoms with Gasteiger partial charge in [0.15, 0.2) is 12.5 Å². The Hall–Kier alpha value is -2.49. The van der Waals surface area contributed by atoms with Gasteiger partial charge in [-0.05, 0) is 36.7 Å². The van der Waals surface area contributed by atoms with Gasteiger partial charge in [-0.2, -0.15) is 18.3 Å². The highest BCUT2D eigenvalue weighted by molar-refractivity contribution is 6.76. The van der Waals surface area contributed by atoms with Crippen molar-refractivity contribution in [2.45, 2.75) is 71.2 Å². The average Bonchev–Trinajstić information content (AvgIpc) is 3.11. The summed E-state index contributed by atoms with van der Waals surface area (Å²) in [5, 5.41) is 3.82. The van der Waals surface area contributed by atoms with E-state index in [9.17, 15) is 18.0 Å². The van der Waals surface area contributed by atoms with Crippen LogP contribution in [0.15, 0.2) is 23.3 Å². The van der Waals surface area contributed by atoms with Crippen molar-refractivity contribution in [1.29, 1.82) is 0 Å². The molecule has 39 heavy (non-hydrogen) atoms. The van der Waals surface area contributed by atoms with Crippen LogP contribution in [0.2, 0.25) is 51.4 Å². The zero-order valence-corrected chi connectivity index (χ0v) is 26.0. The van der Waals surface area contributed by atoms with E-state index in [0.717, 1.165) is 12.1 Å². The second-order valence-electron chi connectivity index (χ2n) is 12.1. The number of halogens is 3. The minimum atomic E-state index is -4.68. The minimum Gasteiger partial charge on any atom is -0.465 e. The predicted molar refractivity (Wildman–Crippen MR) is 152 cm³/mol. The number of hydrogen-bond acceptors (Lipinski definition) is 6. The minimum absolute atomic E-state index is 0.00774. The van der Waals surface area contributed by atoms with Crippen LogP contribution in [0.1, 0.15) is 11.4 Å². The van der Waals surface area contributed by atoms with Crippen LogP contribution in [0.5, 0.6) is 5.75 Å².